The van der Waals surface area contributed by atoms with E-state index in [-0.39, 0.29) is 42.4 Å². The SMILES string of the molecule is CN1CNNC1CC1(C2CCCC(N3CC4C(CC(CN5CCC(C)(F)CC5)CC4C(F)(F)F)C3=O)C2)COC1. The number of nitrogens with one attached hydrogen (secondary N) is 2. The maximum atomic E-state index is 14.4. The predicted molar refractivity (Wildman–Crippen MR) is 142 cm³/mol. The molecule has 2 saturated carbocycles. The number of amides is 1. The fourth-order valence-electron chi connectivity index (χ4n) is 8.92. The zero-order chi connectivity index (χ0) is 28.3. The van der Waals surface area contributed by atoms with E-state index >= 15 is 0 Å². The highest BCUT2D eigenvalue weighted by molar-refractivity contribution is 5.82. The predicted octanol–water partition coefficient (Wildman–Crippen LogP) is 3.76. The van der Waals surface area contributed by atoms with E-state index in [1.54, 1.807) is 6.92 Å². The molecule has 7 nitrogen and oxygen atoms in total. The summed E-state index contributed by atoms with van der Waals surface area (Å²) in [7, 11) is 2.09. The summed E-state index contributed by atoms with van der Waals surface area (Å²) in [6.07, 6.45) is 2.12. The van der Waals surface area contributed by atoms with Crippen LogP contribution < -0.4 is 10.9 Å². The summed E-state index contributed by atoms with van der Waals surface area (Å²) in [5.41, 5.74) is 5.43. The summed E-state index contributed by atoms with van der Waals surface area (Å²) in [5, 5.41) is 0. The van der Waals surface area contributed by atoms with E-state index in [0.29, 0.717) is 58.0 Å². The molecule has 4 heterocycles. The number of hydrogen-bond donors (Lipinski definition) is 2. The molecule has 2 N–H and O–H groups in total. The molecular formula is C29H47F4N5O2. The monoisotopic (exact) mass is 573 g/mol. The van der Waals surface area contributed by atoms with Crippen LogP contribution in [0.3, 0.4) is 0 Å². The second-order valence-electron chi connectivity index (χ2n) is 14.3. The van der Waals surface area contributed by atoms with Crippen LogP contribution in [0, 0.1) is 35.0 Å². The number of ether oxygens (including phenoxy) is 1. The van der Waals surface area contributed by atoms with E-state index in [1.807, 2.05) is 4.90 Å². The van der Waals surface area contributed by atoms with Crippen LogP contribution in [0.2, 0.25) is 0 Å². The molecule has 0 spiro atoms. The molecule has 7 unspecified atom stereocenters. The van der Waals surface area contributed by atoms with Gasteiger partial charge in [0.05, 0.1) is 32.0 Å². The molecule has 6 fully saturated rings. The van der Waals surface area contributed by atoms with Gasteiger partial charge in [-0.1, -0.05) is 6.42 Å². The number of halogens is 4. The Bertz CT molecular complexity index is 921. The molecular weight excluding hydrogens is 526 g/mol. The van der Waals surface area contributed by atoms with Crippen LogP contribution in [0.4, 0.5) is 17.6 Å². The molecule has 2 aliphatic carbocycles. The van der Waals surface area contributed by atoms with Crippen molar-refractivity contribution in [2.75, 3.05) is 53.1 Å². The van der Waals surface area contributed by atoms with Crippen molar-refractivity contribution >= 4 is 5.91 Å². The van der Waals surface area contributed by atoms with Crippen molar-refractivity contribution in [1.82, 2.24) is 25.6 Å². The fourth-order valence-corrected chi connectivity index (χ4v) is 8.92. The Morgan fingerprint density at radius 3 is 2.48 bits per heavy atom. The number of nitrogens with zero attached hydrogens (tertiary/aromatic N) is 3. The number of fused-ring (bicyclic) bond motifs is 1. The van der Waals surface area contributed by atoms with Crippen molar-refractivity contribution in [1.29, 1.82) is 0 Å². The van der Waals surface area contributed by atoms with Gasteiger partial charge in [0, 0.05) is 43.6 Å². The minimum absolute atomic E-state index is 0.0124. The van der Waals surface area contributed by atoms with E-state index in [4.69, 9.17) is 4.74 Å². The number of likely N-dealkylation sites (tertiary alicyclic amines) is 2. The molecule has 4 aliphatic heterocycles. The Hall–Kier alpha value is -1.01. The normalized spacial score (nSPS) is 40.7. The number of carbonyl (C=O) groups is 1. The van der Waals surface area contributed by atoms with Crippen LogP contribution in [0.1, 0.15) is 64.7 Å². The molecule has 11 heteroatoms. The van der Waals surface area contributed by atoms with Gasteiger partial charge in [0.1, 0.15) is 5.67 Å². The van der Waals surface area contributed by atoms with Crippen molar-refractivity contribution in [3.8, 4) is 0 Å². The Labute approximate surface area is 235 Å². The zero-order valence-electron chi connectivity index (χ0n) is 24.0. The van der Waals surface area contributed by atoms with Crippen LogP contribution in [0.15, 0.2) is 0 Å². The lowest BCUT2D eigenvalue weighted by molar-refractivity contribution is -0.204. The first kappa shape index (κ1) is 29.1. The summed E-state index contributed by atoms with van der Waals surface area (Å²) in [6.45, 7) is 5.74. The van der Waals surface area contributed by atoms with Gasteiger partial charge >= 0.3 is 6.18 Å². The van der Waals surface area contributed by atoms with Crippen LogP contribution in [-0.2, 0) is 9.53 Å². The van der Waals surface area contributed by atoms with Gasteiger partial charge in [0.15, 0.2) is 0 Å². The van der Waals surface area contributed by atoms with Crippen LogP contribution >= 0.6 is 0 Å². The molecule has 0 aromatic heterocycles. The number of piperidine rings is 1. The minimum Gasteiger partial charge on any atom is -0.380 e. The van der Waals surface area contributed by atoms with Gasteiger partial charge in [0.2, 0.25) is 5.91 Å². The van der Waals surface area contributed by atoms with E-state index in [0.717, 1.165) is 38.8 Å². The minimum atomic E-state index is -4.31. The maximum absolute atomic E-state index is 14.4. The van der Waals surface area contributed by atoms with E-state index < -0.39 is 29.6 Å². The quantitative estimate of drug-likeness (QED) is 0.472. The number of hydrazine groups is 1. The third kappa shape index (κ3) is 5.66. The Balaban J connectivity index is 1.13. The topological polar surface area (TPSA) is 60.1 Å². The second-order valence-corrected chi connectivity index (χ2v) is 14.3. The Morgan fingerprint density at radius 1 is 1.10 bits per heavy atom. The number of carbonyl (C=O) groups excluding carboxylic acids is 1. The average molecular weight is 574 g/mol. The van der Waals surface area contributed by atoms with E-state index in [2.05, 4.69) is 27.7 Å². The van der Waals surface area contributed by atoms with Gasteiger partial charge in [-0.05, 0) is 83.1 Å². The van der Waals surface area contributed by atoms with Gasteiger partial charge in [-0.15, -0.1) is 0 Å². The van der Waals surface area contributed by atoms with Crippen LogP contribution in [0.25, 0.3) is 0 Å². The number of alkyl halides is 4. The molecule has 228 valence electrons. The summed E-state index contributed by atoms with van der Waals surface area (Å²) in [6, 6.07) is 0.0124. The molecule has 6 aliphatic rings. The smallest absolute Gasteiger partial charge is 0.380 e. The first-order valence-corrected chi connectivity index (χ1v) is 15.5. The van der Waals surface area contributed by atoms with Crippen LogP contribution in [0.5, 0.6) is 0 Å². The van der Waals surface area contributed by atoms with Gasteiger partial charge < -0.3 is 14.5 Å². The van der Waals surface area contributed by atoms with Gasteiger partial charge in [0.25, 0.3) is 0 Å². The lowest BCUT2D eigenvalue weighted by Crippen LogP contribution is -2.56. The highest BCUT2D eigenvalue weighted by atomic mass is 19.4. The summed E-state index contributed by atoms with van der Waals surface area (Å²) in [4.78, 5) is 20.1. The van der Waals surface area contributed by atoms with Crippen molar-refractivity contribution in [2.45, 2.75) is 88.8 Å². The van der Waals surface area contributed by atoms with E-state index in [1.165, 1.54) is 0 Å². The summed E-state index contributed by atoms with van der Waals surface area (Å²) < 4.78 is 63.2. The molecule has 4 saturated heterocycles. The van der Waals surface area contributed by atoms with Gasteiger partial charge in [-0.2, -0.15) is 13.2 Å². The highest BCUT2D eigenvalue weighted by Gasteiger charge is 2.58. The molecule has 0 radical (unpaired) electrons. The summed E-state index contributed by atoms with van der Waals surface area (Å²) >= 11 is 0. The third-order valence-corrected chi connectivity index (χ3v) is 11.5. The molecule has 0 bridgehead atoms. The highest BCUT2D eigenvalue weighted by Crippen LogP contribution is 2.53. The Kier molecular flexibility index (Phi) is 7.94. The van der Waals surface area contributed by atoms with Gasteiger partial charge in [-0.3, -0.25) is 9.69 Å². The van der Waals surface area contributed by atoms with Crippen molar-refractivity contribution in [3.05, 3.63) is 0 Å². The first-order valence-electron chi connectivity index (χ1n) is 15.5. The standard InChI is InChI=1S/C29H47F4N5O2/c1-27(30)6-8-37(9-7-27)14-19-10-22-23(24(11-19)29(31,32)33)15-38(26(22)39)21-5-3-4-20(12-21)28(16-40-17-28)13-25-35-34-18-36(25)2/h19-25,34-35H,3-18H2,1-2H3. The van der Waals surface area contributed by atoms with Crippen molar-refractivity contribution in [2.24, 2.45) is 35.0 Å². The average Bonchev–Trinajstić information content (AvgIpc) is 3.44. The number of hydrogen-bond acceptors (Lipinski definition) is 6. The van der Waals surface area contributed by atoms with Crippen molar-refractivity contribution in [3.63, 3.8) is 0 Å². The molecule has 6 rings (SSSR count). The molecule has 1 amide bonds. The largest absolute Gasteiger partial charge is 0.392 e. The molecule has 0 aromatic rings. The Morgan fingerprint density at radius 2 is 1.85 bits per heavy atom. The molecule has 7 atom stereocenters. The summed E-state index contributed by atoms with van der Waals surface area (Å²) in [5.74, 6) is -2.47. The molecule has 0 aromatic carbocycles. The van der Waals surface area contributed by atoms with Gasteiger partial charge in [-0.25, -0.2) is 15.2 Å². The maximum Gasteiger partial charge on any atom is 0.392 e. The number of rotatable bonds is 6. The molecule has 40 heavy (non-hydrogen) atoms. The van der Waals surface area contributed by atoms with E-state index in [9.17, 15) is 22.4 Å². The zero-order valence-corrected chi connectivity index (χ0v) is 24.0. The lowest BCUT2D eigenvalue weighted by Gasteiger charge is -2.52. The fraction of sp³-hybridized carbons (Fsp3) is 0.966. The lowest BCUT2D eigenvalue weighted by atomic mass is 9.64. The third-order valence-electron chi connectivity index (χ3n) is 11.5. The first-order chi connectivity index (χ1) is 18.9. The second kappa shape index (κ2) is 10.9. The van der Waals surface area contributed by atoms with Crippen LogP contribution in [-0.4, -0.2) is 97.8 Å². The van der Waals surface area contributed by atoms with Crippen molar-refractivity contribution < 1.29 is 27.1 Å².